The average Bonchev–Trinajstić information content (AvgIpc) is 2.63. The molecule has 1 aliphatic rings. The molecule has 2 aromatic rings. The normalized spacial score (nSPS) is 15.0. The number of amides is 1. The molecule has 0 aliphatic carbocycles. The number of anilines is 1. The Hall–Kier alpha value is -1.37. The molecule has 1 aromatic carbocycles. The fourth-order valence-electron chi connectivity index (χ4n) is 2.18. The fourth-order valence-corrected chi connectivity index (χ4v) is 5.19. The van der Waals surface area contributed by atoms with E-state index in [4.69, 9.17) is 16.3 Å². The molecule has 2 heterocycles. The van der Waals surface area contributed by atoms with Gasteiger partial charge < -0.3 is 10.1 Å². The Balaban J connectivity index is 1.49. The minimum atomic E-state index is -0.257. The van der Waals surface area contributed by atoms with Gasteiger partial charge in [0.2, 0.25) is 0 Å². The predicted octanol–water partition coefficient (Wildman–Crippen LogP) is 4.62. The van der Waals surface area contributed by atoms with Crippen molar-refractivity contribution in [3.05, 3.63) is 53.2 Å². The van der Waals surface area contributed by atoms with Crippen LogP contribution in [0.1, 0.15) is 16.6 Å². The number of pyridine rings is 1. The van der Waals surface area contributed by atoms with Gasteiger partial charge in [-0.3, -0.25) is 4.79 Å². The van der Waals surface area contributed by atoms with E-state index in [1.807, 2.05) is 35.7 Å². The van der Waals surface area contributed by atoms with Crippen LogP contribution < -0.4 is 10.1 Å². The molecule has 0 spiro atoms. The van der Waals surface area contributed by atoms with Crippen molar-refractivity contribution in [3.8, 4) is 5.75 Å². The van der Waals surface area contributed by atoms with Crippen LogP contribution >= 0.6 is 35.1 Å². The van der Waals surface area contributed by atoms with E-state index in [0.29, 0.717) is 21.2 Å². The number of ether oxygens (including phenoxy) is 1. The molecular weight excluding hydrogens is 364 g/mol. The van der Waals surface area contributed by atoms with E-state index in [9.17, 15) is 4.79 Å². The molecular formula is C17H17ClN2O2S2. The number of carbonyl (C=O) groups excluding carboxylic acids is 1. The highest BCUT2D eigenvalue weighted by Crippen LogP contribution is 2.43. The molecule has 0 bridgehead atoms. The smallest absolute Gasteiger partial charge is 0.263 e. The number of aromatic nitrogens is 1. The van der Waals surface area contributed by atoms with E-state index in [0.717, 1.165) is 0 Å². The zero-order valence-corrected chi connectivity index (χ0v) is 15.3. The van der Waals surface area contributed by atoms with Crippen molar-refractivity contribution in [2.24, 2.45) is 0 Å². The molecule has 1 saturated heterocycles. The van der Waals surface area contributed by atoms with Crippen molar-refractivity contribution < 1.29 is 9.53 Å². The van der Waals surface area contributed by atoms with Gasteiger partial charge in [0, 0.05) is 6.20 Å². The van der Waals surface area contributed by atoms with Crippen LogP contribution in [0, 0.1) is 0 Å². The van der Waals surface area contributed by atoms with Gasteiger partial charge in [0.1, 0.15) is 11.6 Å². The van der Waals surface area contributed by atoms with Crippen molar-refractivity contribution in [2.45, 2.75) is 11.0 Å². The molecule has 24 heavy (non-hydrogen) atoms. The maximum atomic E-state index is 11.9. The number of halogens is 1. The lowest BCUT2D eigenvalue weighted by Gasteiger charge is -2.21. The molecule has 1 amide bonds. The summed E-state index contributed by atoms with van der Waals surface area (Å²) in [4.78, 5) is 15.9. The molecule has 0 radical (unpaired) electrons. The largest absolute Gasteiger partial charge is 0.484 e. The Morgan fingerprint density at radius 3 is 2.62 bits per heavy atom. The Labute approximate surface area is 154 Å². The Kier molecular flexibility index (Phi) is 6.29. The molecule has 7 heteroatoms. The lowest BCUT2D eigenvalue weighted by Crippen LogP contribution is -2.20. The molecule has 1 aliphatic heterocycles. The molecule has 0 saturated carbocycles. The number of hydrogen-bond donors (Lipinski definition) is 1. The van der Waals surface area contributed by atoms with Gasteiger partial charge in [-0.2, -0.15) is 0 Å². The number of nitrogens with zero attached hydrogens (tertiary/aromatic N) is 1. The maximum Gasteiger partial charge on any atom is 0.263 e. The van der Waals surface area contributed by atoms with Gasteiger partial charge in [-0.15, -0.1) is 23.5 Å². The summed E-state index contributed by atoms with van der Waals surface area (Å²) < 4.78 is 6.03. The minimum Gasteiger partial charge on any atom is -0.484 e. The van der Waals surface area contributed by atoms with Crippen molar-refractivity contribution >= 4 is 46.8 Å². The summed E-state index contributed by atoms with van der Waals surface area (Å²) >= 11 is 9.72. The third-order valence-electron chi connectivity index (χ3n) is 3.34. The van der Waals surface area contributed by atoms with E-state index in [2.05, 4.69) is 22.4 Å². The van der Waals surface area contributed by atoms with E-state index < -0.39 is 0 Å². The van der Waals surface area contributed by atoms with Crippen LogP contribution in [0.4, 0.5) is 5.82 Å². The van der Waals surface area contributed by atoms with Gasteiger partial charge >= 0.3 is 0 Å². The Bertz CT molecular complexity index is 674. The first-order valence-electron chi connectivity index (χ1n) is 7.58. The highest BCUT2D eigenvalue weighted by Gasteiger charge is 2.16. The van der Waals surface area contributed by atoms with Gasteiger partial charge in [0.05, 0.1) is 9.60 Å². The average molecular weight is 381 g/mol. The summed E-state index contributed by atoms with van der Waals surface area (Å²) in [6.07, 6.45) is 2.77. The molecule has 0 atom stereocenters. The van der Waals surface area contributed by atoms with Gasteiger partial charge in [-0.1, -0.05) is 23.7 Å². The second kappa shape index (κ2) is 8.65. The standard InChI is InChI=1S/C17H17ClN2O2S2/c18-13-4-7-15(19-10-13)20-16(21)11-22-14-5-2-12(3-6-14)17-23-8-1-9-24-17/h2-7,10,17H,1,8-9,11H2,(H,19,20,21). The summed E-state index contributed by atoms with van der Waals surface area (Å²) in [5.41, 5.74) is 1.30. The van der Waals surface area contributed by atoms with Crippen LogP contribution in [-0.4, -0.2) is 29.0 Å². The van der Waals surface area contributed by atoms with Crippen molar-refractivity contribution in [2.75, 3.05) is 23.4 Å². The maximum absolute atomic E-state index is 11.9. The van der Waals surface area contributed by atoms with Gasteiger partial charge in [-0.05, 0) is 47.8 Å². The zero-order valence-electron chi connectivity index (χ0n) is 12.9. The van der Waals surface area contributed by atoms with Crippen LogP contribution in [0.5, 0.6) is 5.75 Å². The van der Waals surface area contributed by atoms with Gasteiger partial charge in [0.25, 0.3) is 5.91 Å². The summed E-state index contributed by atoms with van der Waals surface area (Å²) in [5.74, 6) is 3.31. The van der Waals surface area contributed by atoms with E-state index in [1.165, 1.54) is 29.7 Å². The number of hydrogen-bond acceptors (Lipinski definition) is 5. The van der Waals surface area contributed by atoms with Crippen LogP contribution in [0.25, 0.3) is 0 Å². The second-order valence-electron chi connectivity index (χ2n) is 5.19. The highest BCUT2D eigenvalue weighted by atomic mass is 35.5. The number of nitrogens with one attached hydrogen (secondary N) is 1. The first kappa shape index (κ1) is 17.5. The number of benzene rings is 1. The lowest BCUT2D eigenvalue weighted by atomic mass is 10.2. The quantitative estimate of drug-likeness (QED) is 0.820. The SMILES string of the molecule is O=C(COc1ccc(C2SCCCS2)cc1)Nc1ccc(Cl)cn1. The van der Waals surface area contributed by atoms with Crippen LogP contribution in [-0.2, 0) is 4.79 Å². The molecule has 1 fully saturated rings. The van der Waals surface area contributed by atoms with Crippen molar-refractivity contribution in [1.29, 1.82) is 0 Å². The van der Waals surface area contributed by atoms with E-state index in [-0.39, 0.29) is 12.5 Å². The predicted molar refractivity (Wildman–Crippen MR) is 102 cm³/mol. The van der Waals surface area contributed by atoms with E-state index in [1.54, 1.807) is 12.1 Å². The Morgan fingerprint density at radius 2 is 1.96 bits per heavy atom. The number of rotatable bonds is 5. The first-order chi connectivity index (χ1) is 11.7. The molecule has 3 rings (SSSR count). The third-order valence-corrected chi connectivity index (χ3v) is 6.58. The van der Waals surface area contributed by atoms with E-state index >= 15 is 0 Å². The molecule has 1 aromatic heterocycles. The van der Waals surface area contributed by atoms with Gasteiger partial charge in [0.15, 0.2) is 6.61 Å². The van der Waals surface area contributed by atoms with Crippen LogP contribution in [0.2, 0.25) is 5.02 Å². The van der Waals surface area contributed by atoms with Crippen LogP contribution in [0.3, 0.4) is 0 Å². The summed E-state index contributed by atoms with van der Waals surface area (Å²) in [5, 5.41) is 3.19. The van der Waals surface area contributed by atoms with Crippen LogP contribution in [0.15, 0.2) is 42.6 Å². The topological polar surface area (TPSA) is 51.2 Å². The number of carbonyl (C=O) groups is 1. The molecule has 4 nitrogen and oxygen atoms in total. The monoisotopic (exact) mass is 380 g/mol. The number of thioether (sulfide) groups is 2. The minimum absolute atomic E-state index is 0.0589. The fraction of sp³-hybridized carbons (Fsp3) is 0.294. The van der Waals surface area contributed by atoms with Gasteiger partial charge in [-0.25, -0.2) is 4.98 Å². The van der Waals surface area contributed by atoms with Crippen molar-refractivity contribution in [1.82, 2.24) is 4.98 Å². The summed E-state index contributed by atoms with van der Waals surface area (Å²) in [6.45, 7) is -0.0589. The summed E-state index contributed by atoms with van der Waals surface area (Å²) in [6, 6.07) is 11.3. The molecule has 0 unspecified atom stereocenters. The first-order valence-corrected chi connectivity index (χ1v) is 10.1. The molecule has 126 valence electrons. The highest BCUT2D eigenvalue weighted by molar-refractivity contribution is 8.16. The Morgan fingerprint density at radius 1 is 1.21 bits per heavy atom. The third kappa shape index (κ3) is 5.06. The lowest BCUT2D eigenvalue weighted by molar-refractivity contribution is -0.118. The van der Waals surface area contributed by atoms with Crippen molar-refractivity contribution in [3.63, 3.8) is 0 Å². The zero-order chi connectivity index (χ0) is 16.8. The molecule has 1 N–H and O–H groups in total. The summed E-state index contributed by atoms with van der Waals surface area (Å²) in [7, 11) is 0. The second-order valence-corrected chi connectivity index (χ2v) is 8.36.